The van der Waals surface area contributed by atoms with Crippen LogP contribution in [0.15, 0.2) is 42.5 Å². The molecule has 0 aromatic heterocycles. The summed E-state index contributed by atoms with van der Waals surface area (Å²) in [4.78, 5) is 14.7. The number of piperazine rings is 1. The molecule has 1 amide bonds. The summed E-state index contributed by atoms with van der Waals surface area (Å²) in [6, 6.07) is 10.4. The molecule has 2 aromatic carbocycles. The fourth-order valence-electron chi connectivity index (χ4n) is 3.24. The van der Waals surface area contributed by atoms with Gasteiger partial charge in [-0.2, -0.15) is 0 Å². The molecule has 1 aliphatic rings. The Balaban J connectivity index is 1.35. The molecular formula is C20H24ClF2N3O2+2. The number of rotatable bonds is 7. The molecule has 28 heavy (non-hydrogen) atoms. The Bertz CT molecular complexity index is 797. The van der Waals surface area contributed by atoms with Gasteiger partial charge in [0.1, 0.15) is 56.7 Å². The topological polar surface area (TPSA) is 47.2 Å². The number of carbonyl (C=O) groups is 1. The number of quaternary nitrogens is 2. The molecule has 150 valence electrons. The van der Waals surface area contributed by atoms with Crippen LogP contribution in [0.5, 0.6) is 5.75 Å². The highest BCUT2D eigenvalue weighted by molar-refractivity contribution is 6.30. The van der Waals surface area contributed by atoms with E-state index in [0.717, 1.165) is 55.5 Å². The molecule has 2 aromatic rings. The minimum Gasteiger partial charge on any atom is -0.488 e. The molecule has 3 N–H and O–H groups in total. The average molecular weight is 412 g/mol. The zero-order valence-corrected chi connectivity index (χ0v) is 16.2. The smallest absolute Gasteiger partial charge is 0.279 e. The third-order valence-electron chi connectivity index (χ3n) is 4.82. The van der Waals surface area contributed by atoms with Gasteiger partial charge in [-0.05, 0) is 36.4 Å². The molecular weight excluding hydrogens is 388 g/mol. The lowest BCUT2D eigenvalue weighted by Gasteiger charge is -2.29. The van der Waals surface area contributed by atoms with Gasteiger partial charge in [0.2, 0.25) is 0 Å². The van der Waals surface area contributed by atoms with Crippen molar-refractivity contribution in [2.75, 3.05) is 51.2 Å². The van der Waals surface area contributed by atoms with Gasteiger partial charge in [-0.1, -0.05) is 11.6 Å². The van der Waals surface area contributed by atoms with Crippen LogP contribution in [0.1, 0.15) is 0 Å². The lowest BCUT2D eigenvalue weighted by atomic mass is 10.2. The standard InChI is InChI=1S/C20H22ClF2N3O2/c21-15-1-4-17(5-2-15)28-12-11-25-7-9-26(10-8-25)14-20(27)24-19-6-3-16(22)13-18(19)23/h1-6,13H,7-12,14H2,(H,24,27)/p+2. The Hall–Kier alpha value is -2.22. The van der Waals surface area contributed by atoms with Crippen LogP contribution in [-0.4, -0.2) is 51.8 Å². The summed E-state index contributed by atoms with van der Waals surface area (Å²) in [5, 5.41) is 3.20. The van der Waals surface area contributed by atoms with E-state index in [-0.39, 0.29) is 18.1 Å². The van der Waals surface area contributed by atoms with Crippen molar-refractivity contribution in [3.8, 4) is 5.75 Å². The van der Waals surface area contributed by atoms with Gasteiger partial charge in [0, 0.05) is 11.1 Å². The van der Waals surface area contributed by atoms with E-state index in [2.05, 4.69) is 5.32 Å². The van der Waals surface area contributed by atoms with E-state index in [4.69, 9.17) is 16.3 Å². The van der Waals surface area contributed by atoms with Crippen LogP contribution in [-0.2, 0) is 4.79 Å². The van der Waals surface area contributed by atoms with Crippen LogP contribution in [0.4, 0.5) is 14.5 Å². The molecule has 1 heterocycles. The van der Waals surface area contributed by atoms with Gasteiger partial charge in [-0.3, -0.25) is 4.79 Å². The van der Waals surface area contributed by atoms with Gasteiger partial charge >= 0.3 is 0 Å². The normalized spacial score (nSPS) is 19.2. The highest BCUT2D eigenvalue weighted by Gasteiger charge is 2.25. The first kappa shape index (κ1) is 20.5. The van der Waals surface area contributed by atoms with Gasteiger partial charge in [0.05, 0.1) is 5.69 Å². The molecule has 3 rings (SSSR count). The number of benzene rings is 2. The summed E-state index contributed by atoms with van der Waals surface area (Å²) in [6.45, 7) is 5.38. The molecule has 0 atom stereocenters. The number of nitrogens with one attached hydrogen (secondary N) is 3. The third kappa shape index (κ3) is 6.15. The summed E-state index contributed by atoms with van der Waals surface area (Å²) in [6.07, 6.45) is 0. The molecule has 1 fully saturated rings. The van der Waals surface area contributed by atoms with Crippen LogP contribution < -0.4 is 19.9 Å². The van der Waals surface area contributed by atoms with Crippen LogP contribution in [0.25, 0.3) is 0 Å². The summed E-state index contributed by atoms with van der Waals surface area (Å²) in [5.74, 6) is -0.897. The Morgan fingerprint density at radius 1 is 1.04 bits per heavy atom. The maximum atomic E-state index is 13.6. The maximum absolute atomic E-state index is 13.6. The van der Waals surface area contributed by atoms with Gasteiger partial charge < -0.3 is 19.9 Å². The van der Waals surface area contributed by atoms with E-state index in [1.54, 1.807) is 12.1 Å². The van der Waals surface area contributed by atoms with Gasteiger partial charge in [0.15, 0.2) is 6.54 Å². The molecule has 5 nitrogen and oxygen atoms in total. The fraction of sp³-hybridized carbons (Fsp3) is 0.350. The second-order valence-corrected chi connectivity index (χ2v) is 7.34. The first-order valence-corrected chi connectivity index (χ1v) is 9.68. The third-order valence-corrected chi connectivity index (χ3v) is 5.07. The van der Waals surface area contributed by atoms with E-state index < -0.39 is 11.6 Å². The minimum absolute atomic E-state index is 0.00871. The summed E-state index contributed by atoms with van der Waals surface area (Å²) >= 11 is 5.85. The number of amides is 1. The zero-order valence-electron chi connectivity index (χ0n) is 15.4. The van der Waals surface area contributed by atoms with Crippen LogP contribution >= 0.6 is 11.6 Å². The Kier molecular flexibility index (Phi) is 7.19. The highest BCUT2D eigenvalue weighted by Crippen LogP contribution is 2.15. The second kappa shape index (κ2) is 9.82. The number of hydrogen-bond acceptors (Lipinski definition) is 2. The molecule has 0 saturated carbocycles. The lowest BCUT2D eigenvalue weighted by Crippen LogP contribution is -3.28. The summed E-state index contributed by atoms with van der Waals surface area (Å²) in [7, 11) is 0. The van der Waals surface area contributed by atoms with E-state index in [0.29, 0.717) is 11.6 Å². The molecule has 0 aliphatic carbocycles. The molecule has 0 bridgehead atoms. The van der Waals surface area contributed by atoms with Crippen molar-refractivity contribution in [3.63, 3.8) is 0 Å². The Morgan fingerprint density at radius 2 is 1.71 bits per heavy atom. The molecule has 8 heteroatoms. The minimum atomic E-state index is -0.765. The molecule has 1 saturated heterocycles. The van der Waals surface area contributed by atoms with E-state index in [9.17, 15) is 13.6 Å². The molecule has 1 aliphatic heterocycles. The fourth-order valence-corrected chi connectivity index (χ4v) is 3.37. The number of halogens is 3. The predicted molar refractivity (Wildman–Crippen MR) is 103 cm³/mol. The summed E-state index contributed by atoms with van der Waals surface area (Å²) in [5.41, 5.74) is 0.00871. The van der Waals surface area contributed by atoms with Crippen molar-refractivity contribution in [1.29, 1.82) is 0 Å². The number of hydrogen-bond donors (Lipinski definition) is 3. The van der Waals surface area contributed by atoms with Crippen LogP contribution in [0.2, 0.25) is 5.02 Å². The number of anilines is 1. The Morgan fingerprint density at radius 3 is 2.39 bits per heavy atom. The largest absolute Gasteiger partial charge is 0.488 e. The molecule has 0 spiro atoms. The molecule has 0 unspecified atom stereocenters. The Labute approximate surface area is 167 Å². The maximum Gasteiger partial charge on any atom is 0.279 e. The first-order valence-electron chi connectivity index (χ1n) is 9.30. The SMILES string of the molecule is O=C(C[NH+]1CC[NH+](CCOc2ccc(Cl)cc2)CC1)Nc1ccc(F)cc1F. The summed E-state index contributed by atoms with van der Waals surface area (Å²) < 4.78 is 32.3. The van der Waals surface area contributed by atoms with E-state index in [1.807, 2.05) is 12.1 Å². The van der Waals surface area contributed by atoms with Gasteiger partial charge in [-0.25, -0.2) is 8.78 Å². The van der Waals surface area contributed by atoms with Crippen LogP contribution in [0.3, 0.4) is 0 Å². The van der Waals surface area contributed by atoms with E-state index in [1.165, 1.54) is 11.0 Å². The quantitative estimate of drug-likeness (QED) is 0.618. The van der Waals surface area contributed by atoms with Crippen molar-refractivity contribution in [2.45, 2.75) is 0 Å². The highest BCUT2D eigenvalue weighted by atomic mass is 35.5. The van der Waals surface area contributed by atoms with Crippen molar-refractivity contribution in [2.24, 2.45) is 0 Å². The monoisotopic (exact) mass is 411 g/mol. The van der Waals surface area contributed by atoms with Gasteiger partial charge in [-0.15, -0.1) is 0 Å². The average Bonchev–Trinajstić information content (AvgIpc) is 2.67. The van der Waals surface area contributed by atoms with Crippen molar-refractivity contribution >= 4 is 23.2 Å². The lowest BCUT2D eigenvalue weighted by molar-refractivity contribution is -1.01. The van der Waals surface area contributed by atoms with Crippen molar-refractivity contribution < 1.29 is 28.1 Å². The van der Waals surface area contributed by atoms with Crippen molar-refractivity contribution in [3.05, 3.63) is 59.1 Å². The second-order valence-electron chi connectivity index (χ2n) is 6.90. The number of carbonyl (C=O) groups excluding carboxylic acids is 1. The number of ether oxygens (including phenoxy) is 1. The van der Waals surface area contributed by atoms with E-state index >= 15 is 0 Å². The molecule has 0 radical (unpaired) electrons. The van der Waals surface area contributed by atoms with Gasteiger partial charge in [0.25, 0.3) is 5.91 Å². The van der Waals surface area contributed by atoms with Crippen molar-refractivity contribution in [1.82, 2.24) is 0 Å². The zero-order chi connectivity index (χ0) is 19.9. The predicted octanol–water partition coefficient (Wildman–Crippen LogP) is 0.419. The van der Waals surface area contributed by atoms with Crippen LogP contribution in [0, 0.1) is 11.6 Å². The first-order chi connectivity index (χ1) is 13.5.